The SMILES string of the molecule is CCCc1cc(C(=O)O)nn1-c1cccc(F)c1. The lowest BCUT2D eigenvalue weighted by molar-refractivity contribution is 0.0690. The van der Waals surface area contributed by atoms with E-state index in [0.717, 1.165) is 12.1 Å². The summed E-state index contributed by atoms with van der Waals surface area (Å²) in [5.74, 6) is -1.45. The smallest absolute Gasteiger partial charge is 0.356 e. The number of carbonyl (C=O) groups is 1. The number of rotatable bonds is 4. The average Bonchev–Trinajstić information content (AvgIpc) is 2.74. The molecule has 1 aromatic heterocycles. The molecule has 0 bridgehead atoms. The molecule has 0 spiro atoms. The van der Waals surface area contributed by atoms with Gasteiger partial charge in [-0.15, -0.1) is 0 Å². The number of nitrogens with zero attached hydrogens (tertiary/aromatic N) is 2. The Balaban J connectivity index is 2.51. The Morgan fingerprint density at radius 1 is 1.44 bits per heavy atom. The van der Waals surface area contributed by atoms with Gasteiger partial charge in [0.15, 0.2) is 5.69 Å². The Bertz CT molecular complexity index is 578. The van der Waals surface area contributed by atoms with Crippen LogP contribution in [-0.4, -0.2) is 20.9 Å². The van der Waals surface area contributed by atoms with Crippen LogP contribution in [0.15, 0.2) is 30.3 Å². The van der Waals surface area contributed by atoms with Gasteiger partial charge in [0.2, 0.25) is 0 Å². The maximum absolute atomic E-state index is 13.2. The first-order valence-corrected chi connectivity index (χ1v) is 5.70. The van der Waals surface area contributed by atoms with Crippen molar-refractivity contribution in [1.82, 2.24) is 9.78 Å². The molecule has 0 saturated carbocycles. The van der Waals surface area contributed by atoms with E-state index >= 15 is 0 Å². The van der Waals surface area contributed by atoms with Crippen LogP contribution in [0.4, 0.5) is 4.39 Å². The highest BCUT2D eigenvalue weighted by Crippen LogP contribution is 2.15. The minimum atomic E-state index is -1.08. The molecule has 0 fully saturated rings. The molecular formula is C13H13FN2O2. The van der Waals surface area contributed by atoms with Crippen LogP contribution in [0.5, 0.6) is 0 Å². The second-order valence-electron chi connectivity index (χ2n) is 3.97. The highest BCUT2D eigenvalue weighted by atomic mass is 19.1. The molecular weight excluding hydrogens is 235 g/mol. The second kappa shape index (κ2) is 5.00. The molecule has 2 rings (SSSR count). The standard InChI is InChI=1S/C13H13FN2O2/c1-2-4-10-8-12(13(17)18)15-16(10)11-6-3-5-9(14)7-11/h3,5-8H,2,4H2,1H3,(H,17,18). The van der Waals surface area contributed by atoms with Gasteiger partial charge >= 0.3 is 5.97 Å². The van der Waals surface area contributed by atoms with Gasteiger partial charge in [-0.05, 0) is 30.7 Å². The maximum atomic E-state index is 13.2. The van der Waals surface area contributed by atoms with Crippen LogP contribution in [0.2, 0.25) is 0 Å². The van der Waals surface area contributed by atoms with Crippen molar-refractivity contribution in [2.24, 2.45) is 0 Å². The first-order chi connectivity index (χ1) is 8.61. The number of carboxylic acid groups (broad SMARTS) is 1. The van der Waals surface area contributed by atoms with Gasteiger partial charge in [0.1, 0.15) is 5.82 Å². The van der Waals surface area contributed by atoms with Gasteiger partial charge in [-0.2, -0.15) is 5.10 Å². The zero-order valence-corrected chi connectivity index (χ0v) is 9.93. The highest BCUT2D eigenvalue weighted by Gasteiger charge is 2.14. The number of benzene rings is 1. The minimum absolute atomic E-state index is 0.0253. The topological polar surface area (TPSA) is 55.1 Å². The number of aryl methyl sites for hydroxylation is 1. The lowest BCUT2D eigenvalue weighted by Gasteiger charge is -2.06. The summed E-state index contributed by atoms with van der Waals surface area (Å²) in [6, 6.07) is 7.46. The summed E-state index contributed by atoms with van der Waals surface area (Å²) in [5.41, 5.74) is 1.27. The van der Waals surface area contributed by atoms with Crippen molar-refractivity contribution in [2.45, 2.75) is 19.8 Å². The second-order valence-corrected chi connectivity index (χ2v) is 3.97. The monoisotopic (exact) mass is 248 g/mol. The van der Waals surface area contributed by atoms with E-state index in [1.165, 1.54) is 22.9 Å². The van der Waals surface area contributed by atoms with Crippen LogP contribution in [0.25, 0.3) is 5.69 Å². The largest absolute Gasteiger partial charge is 0.476 e. The Hall–Kier alpha value is -2.17. The predicted molar refractivity (Wildman–Crippen MR) is 64.5 cm³/mol. The molecule has 18 heavy (non-hydrogen) atoms. The van der Waals surface area contributed by atoms with Gasteiger partial charge in [0.05, 0.1) is 5.69 Å². The summed E-state index contributed by atoms with van der Waals surface area (Å²) in [7, 11) is 0. The molecule has 1 heterocycles. The molecule has 0 atom stereocenters. The molecule has 1 aromatic carbocycles. The molecule has 0 radical (unpaired) electrons. The molecule has 5 heteroatoms. The fraction of sp³-hybridized carbons (Fsp3) is 0.231. The molecule has 0 amide bonds. The number of hydrogen-bond donors (Lipinski definition) is 1. The summed E-state index contributed by atoms with van der Waals surface area (Å²) in [4.78, 5) is 10.9. The third-order valence-electron chi connectivity index (χ3n) is 2.56. The summed E-state index contributed by atoms with van der Waals surface area (Å²) in [6.07, 6.45) is 1.55. The molecule has 0 aliphatic heterocycles. The van der Waals surface area contributed by atoms with Crippen LogP contribution in [0.1, 0.15) is 29.5 Å². The number of halogens is 1. The van der Waals surface area contributed by atoms with E-state index in [1.54, 1.807) is 12.1 Å². The normalized spacial score (nSPS) is 10.6. The molecule has 4 nitrogen and oxygen atoms in total. The lowest BCUT2D eigenvalue weighted by atomic mass is 10.2. The molecule has 0 aliphatic carbocycles. The first kappa shape index (κ1) is 12.3. The number of aromatic nitrogens is 2. The number of hydrogen-bond acceptors (Lipinski definition) is 2. The van der Waals surface area contributed by atoms with Crippen molar-refractivity contribution in [3.8, 4) is 5.69 Å². The van der Waals surface area contributed by atoms with Crippen LogP contribution in [0.3, 0.4) is 0 Å². The van der Waals surface area contributed by atoms with E-state index in [4.69, 9.17) is 5.11 Å². The maximum Gasteiger partial charge on any atom is 0.356 e. The van der Waals surface area contributed by atoms with Crippen LogP contribution >= 0.6 is 0 Å². The van der Waals surface area contributed by atoms with Gasteiger partial charge in [0.25, 0.3) is 0 Å². The molecule has 1 N–H and O–H groups in total. The highest BCUT2D eigenvalue weighted by molar-refractivity contribution is 5.85. The Kier molecular flexibility index (Phi) is 3.41. The Morgan fingerprint density at radius 3 is 2.83 bits per heavy atom. The molecule has 0 unspecified atom stereocenters. The summed E-state index contributed by atoms with van der Waals surface area (Å²) >= 11 is 0. The summed E-state index contributed by atoms with van der Waals surface area (Å²) in [6.45, 7) is 1.99. The van der Waals surface area contributed by atoms with Crippen molar-refractivity contribution in [2.75, 3.05) is 0 Å². The lowest BCUT2D eigenvalue weighted by Crippen LogP contribution is -2.04. The molecule has 0 saturated heterocycles. The third-order valence-corrected chi connectivity index (χ3v) is 2.56. The molecule has 94 valence electrons. The fourth-order valence-electron chi connectivity index (χ4n) is 1.79. The van der Waals surface area contributed by atoms with Crippen molar-refractivity contribution in [1.29, 1.82) is 0 Å². The van der Waals surface area contributed by atoms with Crippen molar-refractivity contribution >= 4 is 5.97 Å². The summed E-state index contributed by atoms with van der Waals surface area (Å²) in [5, 5.41) is 12.9. The van der Waals surface area contributed by atoms with Crippen molar-refractivity contribution in [3.63, 3.8) is 0 Å². The van der Waals surface area contributed by atoms with Crippen molar-refractivity contribution in [3.05, 3.63) is 47.5 Å². The zero-order chi connectivity index (χ0) is 13.1. The minimum Gasteiger partial charge on any atom is -0.476 e. The van der Waals surface area contributed by atoms with E-state index in [0.29, 0.717) is 12.1 Å². The fourth-order valence-corrected chi connectivity index (χ4v) is 1.79. The van der Waals surface area contributed by atoms with Gasteiger partial charge in [-0.1, -0.05) is 19.4 Å². The quantitative estimate of drug-likeness (QED) is 0.905. The van der Waals surface area contributed by atoms with Gasteiger partial charge in [-0.3, -0.25) is 0 Å². The van der Waals surface area contributed by atoms with Gasteiger partial charge in [0, 0.05) is 5.69 Å². The van der Waals surface area contributed by atoms with Crippen LogP contribution in [-0.2, 0) is 6.42 Å². The average molecular weight is 248 g/mol. The van der Waals surface area contributed by atoms with E-state index in [1.807, 2.05) is 6.92 Å². The van der Waals surface area contributed by atoms with E-state index in [9.17, 15) is 9.18 Å². The Labute approximate surface area is 104 Å². The number of aromatic carboxylic acids is 1. The molecule has 0 aliphatic rings. The predicted octanol–water partition coefficient (Wildman–Crippen LogP) is 2.66. The van der Waals surface area contributed by atoms with E-state index < -0.39 is 5.97 Å². The van der Waals surface area contributed by atoms with Crippen LogP contribution in [0, 0.1) is 5.82 Å². The summed E-state index contributed by atoms with van der Waals surface area (Å²) < 4.78 is 14.7. The number of carboxylic acids is 1. The van der Waals surface area contributed by atoms with E-state index in [2.05, 4.69) is 5.10 Å². The third kappa shape index (κ3) is 2.40. The van der Waals surface area contributed by atoms with E-state index in [-0.39, 0.29) is 11.5 Å². The zero-order valence-electron chi connectivity index (χ0n) is 9.93. The van der Waals surface area contributed by atoms with Gasteiger partial charge < -0.3 is 5.11 Å². The van der Waals surface area contributed by atoms with Crippen molar-refractivity contribution < 1.29 is 14.3 Å². The molecule has 2 aromatic rings. The van der Waals surface area contributed by atoms with Crippen LogP contribution < -0.4 is 0 Å². The Morgan fingerprint density at radius 2 is 2.22 bits per heavy atom. The first-order valence-electron chi connectivity index (χ1n) is 5.70. The van der Waals surface area contributed by atoms with Gasteiger partial charge in [-0.25, -0.2) is 13.9 Å².